The Morgan fingerprint density at radius 1 is 1.07 bits per heavy atom. The average Bonchev–Trinajstić information content (AvgIpc) is 2.74. The first-order valence-electron chi connectivity index (χ1n) is 10.8. The average molecular weight is 382 g/mol. The summed E-state index contributed by atoms with van der Waals surface area (Å²) in [4.78, 5) is 32.6. The summed E-state index contributed by atoms with van der Waals surface area (Å²) in [6.45, 7) is 6.02. The second-order valence-corrected chi connectivity index (χ2v) is 8.34. The van der Waals surface area contributed by atoms with Crippen LogP contribution < -0.4 is 5.56 Å². The largest absolute Gasteiger partial charge is 0.340 e. The molecule has 0 spiro atoms. The molecule has 1 aromatic carbocycles. The number of amides is 1. The quantitative estimate of drug-likeness (QED) is 0.884. The number of benzene rings is 1. The predicted octanol–water partition coefficient (Wildman–Crippen LogP) is 3.32. The molecule has 2 aromatic rings. The number of nitrogens with one attached hydrogen (secondary N) is 1. The molecule has 2 aliphatic rings. The molecule has 1 aromatic heterocycles. The molecule has 4 rings (SSSR count). The number of rotatable bonds is 4. The molecule has 1 saturated carbocycles. The van der Waals surface area contributed by atoms with Crippen molar-refractivity contribution in [1.29, 1.82) is 0 Å². The highest BCUT2D eigenvalue weighted by Gasteiger charge is 2.28. The number of hydrogen-bond acceptors (Lipinski definition) is 3. The molecule has 0 bridgehead atoms. The Hall–Kier alpha value is -2.14. The summed E-state index contributed by atoms with van der Waals surface area (Å²) in [7, 11) is 0. The molecule has 1 amide bonds. The van der Waals surface area contributed by atoms with Gasteiger partial charge in [-0.2, -0.15) is 0 Å². The first-order valence-corrected chi connectivity index (χ1v) is 10.8. The Morgan fingerprint density at radius 3 is 2.54 bits per heavy atom. The number of pyridine rings is 1. The van der Waals surface area contributed by atoms with Crippen molar-refractivity contribution in [2.75, 3.05) is 26.2 Å². The Balaban J connectivity index is 1.39. The van der Waals surface area contributed by atoms with Crippen LogP contribution >= 0.6 is 0 Å². The molecule has 5 nitrogen and oxygen atoms in total. The van der Waals surface area contributed by atoms with Crippen LogP contribution in [0.15, 0.2) is 29.1 Å². The lowest BCUT2D eigenvalue weighted by Crippen LogP contribution is -2.50. The first kappa shape index (κ1) is 19.2. The van der Waals surface area contributed by atoms with E-state index in [1.807, 2.05) is 17.0 Å². The third-order valence-corrected chi connectivity index (χ3v) is 6.43. The molecule has 2 fully saturated rings. The molecule has 5 heteroatoms. The number of piperazine rings is 1. The molecule has 28 heavy (non-hydrogen) atoms. The number of H-pyrrole nitrogens is 1. The van der Waals surface area contributed by atoms with E-state index in [-0.39, 0.29) is 11.5 Å². The van der Waals surface area contributed by atoms with Crippen LogP contribution in [0.2, 0.25) is 0 Å². The predicted molar refractivity (Wildman–Crippen MR) is 112 cm³/mol. The van der Waals surface area contributed by atoms with Gasteiger partial charge in [-0.15, -0.1) is 0 Å². The summed E-state index contributed by atoms with van der Waals surface area (Å²) in [6.07, 6.45) is 6.78. The molecule has 0 atom stereocenters. The van der Waals surface area contributed by atoms with E-state index in [0.717, 1.165) is 61.9 Å². The standard InChI is InChI=1S/C23H31N3O2/c1-2-17-8-9-21-19(14-17)15-20(22(27)24-21)16-25-10-12-26(13-11-25)23(28)18-6-4-3-5-7-18/h8-9,14-15,18H,2-7,10-13,16H2,1H3,(H,24,27). The van der Waals surface area contributed by atoms with Crippen LogP contribution in [0.25, 0.3) is 10.9 Å². The normalized spacial score (nSPS) is 19.2. The fraction of sp³-hybridized carbons (Fsp3) is 0.565. The van der Waals surface area contributed by atoms with Crippen molar-refractivity contribution in [2.24, 2.45) is 5.92 Å². The van der Waals surface area contributed by atoms with E-state index in [1.54, 1.807) is 0 Å². The van der Waals surface area contributed by atoms with Crippen LogP contribution in [-0.4, -0.2) is 46.9 Å². The highest BCUT2D eigenvalue weighted by Crippen LogP contribution is 2.26. The maximum Gasteiger partial charge on any atom is 0.252 e. The minimum Gasteiger partial charge on any atom is -0.340 e. The summed E-state index contributed by atoms with van der Waals surface area (Å²) >= 11 is 0. The van der Waals surface area contributed by atoms with Crippen LogP contribution in [-0.2, 0) is 17.8 Å². The smallest absolute Gasteiger partial charge is 0.252 e. The highest BCUT2D eigenvalue weighted by molar-refractivity contribution is 5.80. The number of carbonyl (C=O) groups is 1. The van der Waals surface area contributed by atoms with Gasteiger partial charge in [-0.3, -0.25) is 14.5 Å². The molecule has 1 aliphatic heterocycles. The van der Waals surface area contributed by atoms with E-state index in [0.29, 0.717) is 12.5 Å². The number of fused-ring (bicyclic) bond motifs is 1. The molecule has 1 aliphatic carbocycles. The maximum absolute atomic E-state index is 12.7. The summed E-state index contributed by atoms with van der Waals surface area (Å²) in [5.74, 6) is 0.603. The van der Waals surface area contributed by atoms with Gasteiger partial charge in [0.15, 0.2) is 0 Å². The van der Waals surface area contributed by atoms with Gasteiger partial charge in [0.2, 0.25) is 5.91 Å². The van der Waals surface area contributed by atoms with Crippen LogP contribution in [0.1, 0.15) is 50.2 Å². The third-order valence-electron chi connectivity index (χ3n) is 6.43. The molecule has 1 saturated heterocycles. The molecular weight excluding hydrogens is 350 g/mol. The number of aromatic amines is 1. The Bertz CT molecular complexity index is 890. The maximum atomic E-state index is 12.7. The Kier molecular flexibility index (Phi) is 5.81. The van der Waals surface area contributed by atoms with Gasteiger partial charge >= 0.3 is 0 Å². The summed E-state index contributed by atoms with van der Waals surface area (Å²) in [5, 5.41) is 1.10. The number of aromatic nitrogens is 1. The van der Waals surface area contributed by atoms with E-state index < -0.39 is 0 Å². The van der Waals surface area contributed by atoms with Crippen molar-refractivity contribution in [2.45, 2.75) is 52.0 Å². The fourth-order valence-corrected chi connectivity index (χ4v) is 4.61. The van der Waals surface area contributed by atoms with Crippen molar-refractivity contribution >= 4 is 16.8 Å². The molecule has 0 unspecified atom stereocenters. The minimum atomic E-state index is -0.00235. The first-order chi connectivity index (χ1) is 13.6. The number of carbonyl (C=O) groups excluding carboxylic acids is 1. The zero-order valence-corrected chi connectivity index (χ0v) is 16.9. The topological polar surface area (TPSA) is 56.4 Å². The Labute approximate surface area is 166 Å². The molecule has 2 heterocycles. The second kappa shape index (κ2) is 8.48. The third kappa shape index (κ3) is 4.14. The van der Waals surface area contributed by atoms with Crippen LogP contribution in [0.4, 0.5) is 0 Å². The van der Waals surface area contributed by atoms with Crippen molar-refractivity contribution in [3.63, 3.8) is 0 Å². The van der Waals surface area contributed by atoms with Crippen molar-refractivity contribution < 1.29 is 4.79 Å². The lowest BCUT2D eigenvalue weighted by molar-refractivity contribution is -0.138. The van der Waals surface area contributed by atoms with Gasteiger partial charge in [-0.1, -0.05) is 32.3 Å². The summed E-state index contributed by atoms with van der Waals surface area (Å²) in [5.41, 5.74) is 2.99. The van der Waals surface area contributed by atoms with E-state index >= 15 is 0 Å². The number of nitrogens with zero attached hydrogens (tertiary/aromatic N) is 2. The summed E-state index contributed by atoms with van der Waals surface area (Å²) < 4.78 is 0. The van der Waals surface area contributed by atoms with Crippen molar-refractivity contribution in [3.05, 3.63) is 45.7 Å². The molecule has 0 radical (unpaired) electrons. The van der Waals surface area contributed by atoms with E-state index in [1.165, 1.54) is 24.8 Å². The van der Waals surface area contributed by atoms with Gasteiger partial charge < -0.3 is 9.88 Å². The fourth-order valence-electron chi connectivity index (χ4n) is 4.61. The van der Waals surface area contributed by atoms with Gasteiger partial charge in [0, 0.05) is 49.7 Å². The molecule has 1 N–H and O–H groups in total. The van der Waals surface area contributed by atoms with Crippen molar-refractivity contribution in [3.8, 4) is 0 Å². The van der Waals surface area contributed by atoms with Crippen LogP contribution in [0.3, 0.4) is 0 Å². The SMILES string of the molecule is CCc1ccc2[nH]c(=O)c(CN3CCN(C(=O)C4CCCCC4)CC3)cc2c1. The number of aryl methyl sites for hydroxylation is 1. The van der Waals surface area contributed by atoms with Gasteiger partial charge in [0.05, 0.1) is 0 Å². The van der Waals surface area contributed by atoms with E-state index in [9.17, 15) is 9.59 Å². The van der Waals surface area contributed by atoms with Gasteiger partial charge in [0.1, 0.15) is 0 Å². The van der Waals surface area contributed by atoms with Gasteiger partial charge in [0.25, 0.3) is 5.56 Å². The lowest BCUT2D eigenvalue weighted by Gasteiger charge is -2.37. The Morgan fingerprint density at radius 2 is 1.82 bits per heavy atom. The van der Waals surface area contributed by atoms with E-state index in [4.69, 9.17) is 0 Å². The van der Waals surface area contributed by atoms with Gasteiger partial charge in [-0.25, -0.2) is 0 Å². The van der Waals surface area contributed by atoms with Crippen LogP contribution in [0, 0.1) is 5.92 Å². The molecular formula is C23H31N3O2. The monoisotopic (exact) mass is 381 g/mol. The van der Waals surface area contributed by atoms with Crippen LogP contribution in [0.5, 0.6) is 0 Å². The van der Waals surface area contributed by atoms with Crippen molar-refractivity contribution in [1.82, 2.24) is 14.8 Å². The zero-order valence-electron chi connectivity index (χ0n) is 16.9. The van der Waals surface area contributed by atoms with E-state index in [2.05, 4.69) is 28.9 Å². The lowest BCUT2D eigenvalue weighted by atomic mass is 9.88. The second-order valence-electron chi connectivity index (χ2n) is 8.34. The molecule has 150 valence electrons. The highest BCUT2D eigenvalue weighted by atomic mass is 16.2. The number of hydrogen-bond donors (Lipinski definition) is 1. The summed E-state index contributed by atoms with van der Waals surface area (Å²) in [6, 6.07) is 8.26. The minimum absolute atomic E-state index is 0.00235. The zero-order chi connectivity index (χ0) is 19.5. The van der Waals surface area contributed by atoms with Gasteiger partial charge in [-0.05, 0) is 48.4 Å².